The number of hydrogen-bond acceptors (Lipinski definition) is 1. The summed E-state index contributed by atoms with van der Waals surface area (Å²) < 4.78 is 5.58. The molecule has 0 aliphatic carbocycles. The molecular weight excluding hydrogens is 208 g/mol. The second-order valence-electron chi connectivity index (χ2n) is 3.73. The Morgan fingerprint density at radius 2 is 1.00 bits per heavy atom. The van der Waals surface area contributed by atoms with Gasteiger partial charge in [0.2, 0.25) is 0 Å². The second-order valence-corrected chi connectivity index (χ2v) is 3.73. The van der Waals surface area contributed by atoms with Gasteiger partial charge in [0.1, 0.15) is 11.5 Å². The fourth-order valence-corrected chi connectivity index (χ4v) is 1.11. The fourth-order valence-electron chi connectivity index (χ4n) is 1.11. The van der Waals surface area contributed by atoms with Gasteiger partial charge in [-0.05, 0) is 24.3 Å². The minimum absolute atomic E-state index is 0.869. The molecule has 0 spiro atoms. The Balaban J connectivity index is 0.000000317. The molecule has 0 bridgehead atoms. The smallest absolute Gasteiger partial charge is 0.127 e. The number of rotatable bonds is 3. The fraction of sp³-hybridized carbons (Fsp3) is 0.250. The topological polar surface area (TPSA) is 9.23 Å². The standard InChI is InChI=1S/C12H10O.C4H10/c1-3-7-11(8-4-1)13-12-9-5-2-6-10-12;1-3-4-2/h1-10H;3-4H2,1-2H3. The van der Waals surface area contributed by atoms with Gasteiger partial charge >= 0.3 is 0 Å². The predicted molar refractivity (Wildman–Crippen MR) is 73.5 cm³/mol. The Morgan fingerprint density at radius 1 is 0.647 bits per heavy atom. The van der Waals surface area contributed by atoms with E-state index in [-0.39, 0.29) is 0 Å². The summed E-state index contributed by atoms with van der Waals surface area (Å²) in [7, 11) is 0. The monoisotopic (exact) mass is 228 g/mol. The van der Waals surface area contributed by atoms with Crippen LogP contribution < -0.4 is 4.74 Å². The van der Waals surface area contributed by atoms with Gasteiger partial charge in [0, 0.05) is 0 Å². The van der Waals surface area contributed by atoms with E-state index in [2.05, 4.69) is 13.8 Å². The first-order valence-corrected chi connectivity index (χ1v) is 6.14. The first-order chi connectivity index (χ1) is 8.36. The summed E-state index contributed by atoms with van der Waals surface area (Å²) >= 11 is 0. The molecule has 0 aliphatic heterocycles. The van der Waals surface area contributed by atoms with Gasteiger partial charge in [-0.25, -0.2) is 0 Å². The van der Waals surface area contributed by atoms with E-state index in [1.54, 1.807) is 0 Å². The van der Waals surface area contributed by atoms with Crippen molar-refractivity contribution in [3.8, 4) is 11.5 Å². The third-order valence-electron chi connectivity index (χ3n) is 2.22. The van der Waals surface area contributed by atoms with Crippen molar-refractivity contribution in [3.63, 3.8) is 0 Å². The molecule has 0 unspecified atom stereocenters. The molecule has 2 aromatic carbocycles. The van der Waals surface area contributed by atoms with Gasteiger partial charge in [0.15, 0.2) is 0 Å². The van der Waals surface area contributed by atoms with Crippen molar-refractivity contribution in [1.29, 1.82) is 0 Å². The van der Waals surface area contributed by atoms with Gasteiger partial charge < -0.3 is 4.74 Å². The lowest BCUT2D eigenvalue weighted by Crippen LogP contribution is -1.81. The van der Waals surface area contributed by atoms with Crippen molar-refractivity contribution in [2.75, 3.05) is 0 Å². The third kappa shape index (κ3) is 5.76. The highest BCUT2D eigenvalue weighted by molar-refractivity contribution is 5.30. The van der Waals surface area contributed by atoms with E-state index in [9.17, 15) is 0 Å². The van der Waals surface area contributed by atoms with Crippen molar-refractivity contribution in [2.24, 2.45) is 0 Å². The first kappa shape index (κ1) is 13.3. The van der Waals surface area contributed by atoms with Gasteiger partial charge in [-0.2, -0.15) is 0 Å². The Hall–Kier alpha value is -1.76. The summed E-state index contributed by atoms with van der Waals surface area (Å²) in [5.74, 6) is 1.74. The summed E-state index contributed by atoms with van der Waals surface area (Å²) in [5.41, 5.74) is 0. The largest absolute Gasteiger partial charge is 0.457 e. The lowest BCUT2D eigenvalue weighted by molar-refractivity contribution is 0.482. The van der Waals surface area contributed by atoms with E-state index >= 15 is 0 Å². The average Bonchev–Trinajstić information content (AvgIpc) is 2.41. The van der Waals surface area contributed by atoms with Gasteiger partial charge in [-0.3, -0.25) is 0 Å². The van der Waals surface area contributed by atoms with Gasteiger partial charge in [0.05, 0.1) is 0 Å². The Kier molecular flexibility index (Phi) is 6.57. The van der Waals surface area contributed by atoms with Crippen LogP contribution in [-0.2, 0) is 0 Å². The maximum absolute atomic E-state index is 5.58. The molecule has 2 rings (SSSR count). The highest BCUT2D eigenvalue weighted by Crippen LogP contribution is 2.19. The molecule has 0 heterocycles. The number of hydrogen-bond donors (Lipinski definition) is 0. The molecule has 0 atom stereocenters. The first-order valence-electron chi connectivity index (χ1n) is 6.14. The van der Waals surface area contributed by atoms with Crippen LogP contribution in [0.25, 0.3) is 0 Å². The molecular formula is C16H20O. The predicted octanol–water partition coefficient (Wildman–Crippen LogP) is 5.29. The van der Waals surface area contributed by atoms with E-state index in [0.717, 1.165) is 11.5 Å². The molecule has 0 N–H and O–H groups in total. The number of benzene rings is 2. The van der Waals surface area contributed by atoms with Gasteiger partial charge in [0.25, 0.3) is 0 Å². The third-order valence-corrected chi connectivity index (χ3v) is 2.22. The van der Waals surface area contributed by atoms with E-state index in [0.29, 0.717) is 0 Å². The average molecular weight is 228 g/mol. The van der Waals surface area contributed by atoms with E-state index in [1.165, 1.54) is 12.8 Å². The van der Waals surface area contributed by atoms with Crippen LogP contribution in [0.1, 0.15) is 26.7 Å². The molecule has 1 heteroatoms. The van der Waals surface area contributed by atoms with Crippen molar-refractivity contribution < 1.29 is 4.74 Å². The summed E-state index contributed by atoms with van der Waals surface area (Å²) in [6.45, 7) is 4.36. The van der Waals surface area contributed by atoms with Crippen LogP contribution in [-0.4, -0.2) is 0 Å². The molecule has 17 heavy (non-hydrogen) atoms. The van der Waals surface area contributed by atoms with E-state index in [1.807, 2.05) is 60.7 Å². The zero-order chi connectivity index (χ0) is 12.3. The number of ether oxygens (including phenoxy) is 1. The van der Waals surface area contributed by atoms with Crippen molar-refractivity contribution in [3.05, 3.63) is 60.7 Å². The van der Waals surface area contributed by atoms with Crippen LogP contribution in [0.15, 0.2) is 60.7 Å². The van der Waals surface area contributed by atoms with Gasteiger partial charge in [-0.1, -0.05) is 63.1 Å². The molecule has 0 fully saturated rings. The summed E-state index contributed by atoms with van der Waals surface area (Å²) in [4.78, 5) is 0. The second kappa shape index (κ2) is 8.40. The van der Waals surface area contributed by atoms with Crippen LogP contribution in [0.4, 0.5) is 0 Å². The molecule has 0 aliphatic rings. The van der Waals surface area contributed by atoms with Crippen LogP contribution in [0.3, 0.4) is 0 Å². The van der Waals surface area contributed by atoms with E-state index < -0.39 is 0 Å². The number of unbranched alkanes of at least 4 members (excludes halogenated alkanes) is 1. The highest BCUT2D eigenvalue weighted by atomic mass is 16.5. The van der Waals surface area contributed by atoms with Crippen molar-refractivity contribution >= 4 is 0 Å². The summed E-state index contributed by atoms with van der Waals surface area (Å²) in [6.07, 6.45) is 2.64. The molecule has 0 aromatic heterocycles. The molecule has 0 saturated heterocycles. The lowest BCUT2D eigenvalue weighted by Gasteiger charge is -2.03. The Morgan fingerprint density at radius 3 is 1.29 bits per heavy atom. The SMILES string of the molecule is CCCC.c1ccc(Oc2ccccc2)cc1. The highest BCUT2D eigenvalue weighted by Gasteiger charge is 1.92. The quantitative estimate of drug-likeness (QED) is 0.694. The Bertz CT molecular complexity index is 341. The maximum atomic E-state index is 5.58. The molecule has 2 aromatic rings. The van der Waals surface area contributed by atoms with E-state index in [4.69, 9.17) is 4.74 Å². The maximum Gasteiger partial charge on any atom is 0.127 e. The zero-order valence-corrected chi connectivity index (χ0v) is 10.6. The summed E-state index contributed by atoms with van der Waals surface area (Å²) in [5, 5.41) is 0. The molecule has 0 saturated carbocycles. The van der Waals surface area contributed by atoms with Crippen molar-refractivity contribution in [1.82, 2.24) is 0 Å². The normalized spacial score (nSPS) is 9.06. The molecule has 0 amide bonds. The Labute approximate surface area is 104 Å². The minimum Gasteiger partial charge on any atom is -0.457 e. The van der Waals surface area contributed by atoms with Gasteiger partial charge in [-0.15, -0.1) is 0 Å². The minimum atomic E-state index is 0.869. The molecule has 0 radical (unpaired) electrons. The molecule has 1 nitrogen and oxygen atoms in total. The summed E-state index contributed by atoms with van der Waals surface area (Å²) in [6, 6.07) is 19.5. The van der Waals surface area contributed by atoms with Crippen LogP contribution in [0.2, 0.25) is 0 Å². The van der Waals surface area contributed by atoms with Crippen LogP contribution in [0, 0.1) is 0 Å². The van der Waals surface area contributed by atoms with Crippen molar-refractivity contribution in [2.45, 2.75) is 26.7 Å². The van der Waals surface area contributed by atoms with Crippen LogP contribution >= 0.6 is 0 Å². The number of para-hydroxylation sites is 2. The van der Waals surface area contributed by atoms with Crippen LogP contribution in [0.5, 0.6) is 11.5 Å². The molecule has 90 valence electrons. The lowest BCUT2D eigenvalue weighted by atomic mass is 10.3. The zero-order valence-electron chi connectivity index (χ0n) is 10.6.